The van der Waals surface area contributed by atoms with E-state index in [0.29, 0.717) is 0 Å². The van der Waals surface area contributed by atoms with Crippen LogP contribution in [0.25, 0.3) is 0 Å². The molecule has 1 aromatic rings. The van der Waals surface area contributed by atoms with Gasteiger partial charge in [-0.2, -0.15) is 0 Å². The van der Waals surface area contributed by atoms with Crippen LogP contribution in [0.15, 0.2) is 17.5 Å². The van der Waals surface area contributed by atoms with Crippen molar-refractivity contribution in [3.63, 3.8) is 0 Å². The lowest BCUT2D eigenvalue weighted by molar-refractivity contribution is -0.133. The van der Waals surface area contributed by atoms with E-state index < -0.39 is 5.54 Å². The molecule has 1 amide bonds. The molecule has 0 unspecified atom stereocenters. The van der Waals surface area contributed by atoms with Gasteiger partial charge in [-0.25, -0.2) is 0 Å². The Morgan fingerprint density at radius 3 is 2.88 bits per heavy atom. The third kappa shape index (κ3) is 2.44. The van der Waals surface area contributed by atoms with Gasteiger partial charge in [0.2, 0.25) is 5.91 Å². The highest BCUT2D eigenvalue weighted by Gasteiger charge is 2.47. The molecule has 3 nitrogen and oxygen atoms in total. The molecule has 2 rings (SSSR count). The van der Waals surface area contributed by atoms with E-state index >= 15 is 0 Å². The van der Waals surface area contributed by atoms with Gasteiger partial charge in [-0.3, -0.25) is 4.79 Å². The van der Waals surface area contributed by atoms with Gasteiger partial charge in [0.15, 0.2) is 0 Å². The number of thiophene rings is 1. The van der Waals surface area contributed by atoms with Crippen LogP contribution in [0.3, 0.4) is 0 Å². The molecule has 0 aliphatic heterocycles. The van der Waals surface area contributed by atoms with Crippen LogP contribution >= 0.6 is 11.3 Å². The Bertz CT molecular complexity index is 357. The van der Waals surface area contributed by atoms with E-state index in [1.165, 1.54) is 4.88 Å². The van der Waals surface area contributed by atoms with Gasteiger partial charge >= 0.3 is 0 Å². The highest BCUT2D eigenvalue weighted by molar-refractivity contribution is 7.09. The number of carbonyl (C=O) groups excluding carboxylic acids is 1. The first-order chi connectivity index (χ1) is 7.65. The zero-order valence-electron chi connectivity index (χ0n) is 9.61. The number of amides is 1. The quantitative estimate of drug-likeness (QED) is 0.847. The summed E-state index contributed by atoms with van der Waals surface area (Å²) in [6.45, 7) is 3.55. The number of hydrogen-bond donors (Lipinski definition) is 1. The third-order valence-electron chi connectivity index (χ3n) is 3.09. The zero-order chi connectivity index (χ0) is 11.6. The molecule has 1 aliphatic rings. The third-order valence-corrected chi connectivity index (χ3v) is 4.03. The Morgan fingerprint density at radius 1 is 1.62 bits per heavy atom. The Balaban J connectivity index is 1.88. The summed E-state index contributed by atoms with van der Waals surface area (Å²) in [6.07, 6.45) is 2.63. The molecule has 1 aliphatic carbocycles. The molecule has 4 heteroatoms. The molecule has 2 N–H and O–H groups in total. The molecule has 0 bridgehead atoms. The summed E-state index contributed by atoms with van der Waals surface area (Å²) >= 11 is 1.74. The van der Waals surface area contributed by atoms with Gasteiger partial charge in [-0.1, -0.05) is 6.07 Å². The van der Waals surface area contributed by atoms with Crippen molar-refractivity contribution in [3.8, 4) is 0 Å². The zero-order valence-corrected chi connectivity index (χ0v) is 10.4. The van der Waals surface area contributed by atoms with Crippen molar-refractivity contribution in [1.29, 1.82) is 0 Å². The topological polar surface area (TPSA) is 46.3 Å². The minimum Gasteiger partial charge on any atom is -0.341 e. The second kappa shape index (κ2) is 4.55. The smallest absolute Gasteiger partial charge is 0.242 e. The fourth-order valence-electron chi connectivity index (χ4n) is 1.77. The van der Waals surface area contributed by atoms with E-state index in [4.69, 9.17) is 5.73 Å². The van der Waals surface area contributed by atoms with Crippen molar-refractivity contribution in [1.82, 2.24) is 4.90 Å². The molecule has 0 aromatic carbocycles. The first kappa shape index (κ1) is 11.6. The van der Waals surface area contributed by atoms with Crippen LogP contribution in [0.2, 0.25) is 0 Å². The monoisotopic (exact) mass is 238 g/mol. The normalized spacial score (nSPS) is 17.1. The maximum absolute atomic E-state index is 12.0. The predicted molar refractivity (Wildman–Crippen MR) is 66.4 cm³/mol. The van der Waals surface area contributed by atoms with Crippen LogP contribution < -0.4 is 5.73 Å². The van der Waals surface area contributed by atoms with Crippen molar-refractivity contribution in [3.05, 3.63) is 22.4 Å². The molecule has 0 saturated heterocycles. The predicted octanol–water partition coefficient (Wildman–Crippen LogP) is 1.63. The van der Waals surface area contributed by atoms with E-state index in [9.17, 15) is 4.79 Å². The van der Waals surface area contributed by atoms with Gasteiger partial charge in [-0.05, 0) is 37.6 Å². The van der Waals surface area contributed by atoms with E-state index in [1.807, 2.05) is 17.9 Å². The minimum absolute atomic E-state index is 0.131. The summed E-state index contributed by atoms with van der Waals surface area (Å²) in [5, 5.41) is 2.07. The summed E-state index contributed by atoms with van der Waals surface area (Å²) in [7, 11) is 0. The van der Waals surface area contributed by atoms with Crippen LogP contribution in [-0.4, -0.2) is 29.4 Å². The SMILES string of the molecule is CCN(CCc1cccs1)C(=O)C1(N)CC1. The van der Waals surface area contributed by atoms with Gasteiger partial charge in [-0.15, -0.1) is 11.3 Å². The van der Waals surface area contributed by atoms with E-state index in [0.717, 1.165) is 32.4 Å². The molecule has 1 fully saturated rings. The van der Waals surface area contributed by atoms with E-state index in [-0.39, 0.29) is 5.91 Å². The Labute approximate surface area is 100 Å². The number of carbonyl (C=O) groups is 1. The number of likely N-dealkylation sites (N-methyl/N-ethyl adjacent to an activating group) is 1. The largest absolute Gasteiger partial charge is 0.341 e. The van der Waals surface area contributed by atoms with Crippen molar-refractivity contribution in [2.75, 3.05) is 13.1 Å². The molecule has 0 radical (unpaired) electrons. The average Bonchev–Trinajstić information content (AvgIpc) is 2.82. The summed E-state index contributed by atoms with van der Waals surface area (Å²) in [4.78, 5) is 15.2. The molecule has 0 atom stereocenters. The van der Waals surface area contributed by atoms with E-state index in [2.05, 4.69) is 11.4 Å². The summed E-state index contributed by atoms with van der Waals surface area (Å²) in [5.41, 5.74) is 5.40. The lowest BCUT2D eigenvalue weighted by Crippen LogP contribution is -2.46. The average molecular weight is 238 g/mol. The molecular weight excluding hydrogens is 220 g/mol. The van der Waals surface area contributed by atoms with Crippen LogP contribution in [0, 0.1) is 0 Å². The molecule has 1 saturated carbocycles. The molecule has 88 valence electrons. The number of rotatable bonds is 5. The second-order valence-corrected chi connectivity index (χ2v) is 5.40. The maximum Gasteiger partial charge on any atom is 0.242 e. The Hall–Kier alpha value is -0.870. The van der Waals surface area contributed by atoms with Crippen molar-refractivity contribution < 1.29 is 4.79 Å². The van der Waals surface area contributed by atoms with Crippen LogP contribution in [0.5, 0.6) is 0 Å². The minimum atomic E-state index is -0.522. The Morgan fingerprint density at radius 2 is 2.38 bits per heavy atom. The van der Waals surface area contributed by atoms with Crippen LogP contribution in [0.4, 0.5) is 0 Å². The number of hydrogen-bond acceptors (Lipinski definition) is 3. The lowest BCUT2D eigenvalue weighted by Gasteiger charge is -2.23. The fraction of sp³-hybridized carbons (Fsp3) is 0.583. The first-order valence-electron chi connectivity index (χ1n) is 5.76. The fourth-order valence-corrected chi connectivity index (χ4v) is 2.46. The van der Waals surface area contributed by atoms with Gasteiger partial charge in [0, 0.05) is 18.0 Å². The van der Waals surface area contributed by atoms with Gasteiger partial charge in [0.05, 0.1) is 5.54 Å². The maximum atomic E-state index is 12.0. The molecule has 0 spiro atoms. The van der Waals surface area contributed by atoms with Gasteiger partial charge in [0.1, 0.15) is 0 Å². The number of nitrogens with zero attached hydrogens (tertiary/aromatic N) is 1. The van der Waals surface area contributed by atoms with Crippen molar-refractivity contribution in [2.45, 2.75) is 31.7 Å². The molecule has 1 heterocycles. The molecule has 16 heavy (non-hydrogen) atoms. The Kier molecular flexibility index (Phi) is 3.30. The summed E-state index contributed by atoms with van der Waals surface area (Å²) in [6, 6.07) is 4.15. The highest BCUT2D eigenvalue weighted by atomic mass is 32.1. The summed E-state index contributed by atoms with van der Waals surface area (Å²) in [5.74, 6) is 0.131. The van der Waals surface area contributed by atoms with E-state index in [1.54, 1.807) is 11.3 Å². The van der Waals surface area contributed by atoms with Crippen molar-refractivity contribution in [2.24, 2.45) is 5.73 Å². The van der Waals surface area contributed by atoms with Crippen LogP contribution in [0.1, 0.15) is 24.6 Å². The summed E-state index contributed by atoms with van der Waals surface area (Å²) < 4.78 is 0. The highest BCUT2D eigenvalue weighted by Crippen LogP contribution is 2.34. The second-order valence-electron chi connectivity index (χ2n) is 4.37. The number of nitrogens with two attached hydrogens (primary N) is 1. The van der Waals surface area contributed by atoms with Gasteiger partial charge < -0.3 is 10.6 Å². The van der Waals surface area contributed by atoms with Crippen molar-refractivity contribution >= 4 is 17.2 Å². The van der Waals surface area contributed by atoms with Crippen LogP contribution in [-0.2, 0) is 11.2 Å². The lowest BCUT2D eigenvalue weighted by atomic mass is 10.2. The molecule has 1 aromatic heterocycles. The first-order valence-corrected chi connectivity index (χ1v) is 6.64. The standard InChI is InChI=1S/C12H18N2OS/c1-2-14(11(15)12(13)6-7-12)8-5-10-4-3-9-16-10/h3-4,9H,2,5-8,13H2,1H3. The van der Waals surface area contributed by atoms with Gasteiger partial charge in [0.25, 0.3) is 0 Å². The molecular formula is C12H18N2OS.